The second-order valence-corrected chi connectivity index (χ2v) is 7.56. The Morgan fingerprint density at radius 2 is 1.76 bits per heavy atom. The van der Waals surface area contributed by atoms with Crippen molar-refractivity contribution in [3.05, 3.63) is 60.4 Å². The van der Waals surface area contributed by atoms with Gasteiger partial charge in [0, 0.05) is 44.5 Å². The monoisotopic (exact) mass is 397 g/mol. The fourth-order valence-electron chi connectivity index (χ4n) is 4.13. The van der Waals surface area contributed by atoms with Gasteiger partial charge >= 0.3 is 0 Å². The Kier molecular flexibility index (Phi) is 6.95. The number of likely N-dealkylation sites (tertiary alicyclic amines) is 1. The van der Waals surface area contributed by atoms with Crippen molar-refractivity contribution in [2.24, 2.45) is 5.92 Å². The molecule has 0 bridgehead atoms. The van der Waals surface area contributed by atoms with Crippen molar-refractivity contribution in [1.29, 1.82) is 0 Å². The first-order valence-electron chi connectivity index (χ1n) is 9.85. The van der Waals surface area contributed by atoms with E-state index in [0.717, 1.165) is 37.6 Å². The highest BCUT2D eigenvalue weighted by Gasteiger charge is 2.37. The second kappa shape index (κ2) is 9.62. The van der Waals surface area contributed by atoms with Crippen LogP contribution in [0.5, 0.6) is 0 Å². The molecule has 2 aromatic rings. The zero-order valence-corrected chi connectivity index (χ0v) is 16.4. The number of pyridine rings is 1. The van der Waals surface area contributed by atoms with Crippen molar-refractivity contribution in [2.75, 3.05) is 31.1 Å². The van der Waals surface area contributed by atoms with E-state index in [2.05, 4.69) is 9.88 Å². The Morgan fingerprint density at radius 3 is 2.38 bits per heavy atom. The summed E-state index contributed by atoms with van der Waals surface area (Å²) in [6.07, 6.45) is 3.72. The van der Waals surface area contributed by atoms with Crippen LogP contribution in [0.25, 0.3) is 0 Å². The highest BCUT2D eigenvalue weighted by Crippen LogP contribution is 2.32. The topological polar surface area (TPSA) is 94.0 Å². The van der Waals surface area contributed by atoms with Crippen LogP contribution in [0.1, 0.15) is 25.0 Å². The third-order valence-corrected chi connectivity index (χ3v) is 5.61. The molecule has 1 aromatic carbocycles. The number of piperidine rings is 1. The first-order chi connectivity index (χ1) is 14.1. The van der Waals surface area contributed by atoms with Crippen LogP contribution >= 0.6 is 0 Å². The average molecular weight is 397 g/mol. The summed E-state index contributed by atoms with van der Waals surface area (Å²) in [7, 11) is 0. The summed E-state index contributed by atoms with van der Waals surface area (Å²) in [5, 5.41) is 17.8. The van der Waals surface area contributed by atoms with Crippen LogP contribution in [-0.4, -0.2) is 58.7 Å². The first kappa shape index (κ1) is 21.0. The van der Waals surface area contributed by atoms with Crippen LogP contribution < -0.4 is 4.90 Å². The molecule has 7 nitrogen and oxygen atoms in total. The minimum absolute atomic E-state index is 0.211. The maximum atomic E-state index is 12.4. The lowest BCUT2D eigenvalue weighted by Crippen LogP contribution is -2.44. The molecule has 3 heterocycles. The molecule has 1 aromatic heterocycles. The average Bonchev–Trinajstić information content (AvgIpc) is 3.12. The Hall–Kier alpha value is -2.77. The fraction of sp³-hybridized carbons (Fsp3) is 0.409. The molecule has 2 saturated heterocycles. The summed E-state index contributed by atoms with van der Waals surface area (Å²) in [4.78, 5) is 29.4. The molecule has 2 N–H and O–H groups in total. The molecule has 2 fully saturated rings. The van der Waals surface area contributed by atoms with Crippen molar-refractivity contribution in [1.82, 2.24) is 9.88 Å². The highest BCUT2D eigenvalue weighted by atomic mass is 16.3. The summed E-state index contributed by atoms with van der Waals surface area (Å²) in [6.45, 7) is 3.11. The van der Waals surface area contributed by atoms with Crippen LogP contribution in [-0.2, 0) is 15.2 Å². The van der Waals surface area contributed by atoms with Gasteiger partial charge in [0.25, 0.3) is 6.47 Å². The molecular weight excluding hydrogens is 370 g/mol. The molecule has 29 heavy (non-hydrogen) atoms. The number of carboxylic acid groups (broad SMARTS) is 1. The molecule has 1 unspecified atom stereocenters. The molecule has 2 aliphatic rings. The van der Waals surface area contributed by atoms with E-state index in [9.17, 15) is 9.90 Å². The lowest BCUT2D eigenvalue weighted by Gasteiger charge is -2.38. The normalized spacial score (nSPS) is 21.3. The standard InChI is InChI=1S/C21H25N3O2.CH2O2/c25-20-14-17(16-24(20)18-6-2-1-3-7-18)15-23-12-9-21(26,10-13-23)19-8-4-5-11-22-19;2-1-3/h1-8,11,17,26H,9-10,12-16H2;1H,(H,2,3). The van der Waals surface area contributed by atoms with Gasteiger partial charge in [-0.05, 0) is 43.0 Å². The lowest BCUT2D eigenvalue weighted by atomic mass is 9.87. The van der Waals surface area contributed by atoms with Crippen LogP contribution in [0, 0.1) is 5.92 Å². The van der Waals surface area contributed by atoms with E-state index in [4.69, 9.17) is 9.90 Å². The molecule has 1 amide bonds. The van der Waals surface area contributed by atoms with Gasteiger partial charge in [-0.1, -0.05) is 24.3 Å². The van der Waals surface area contributed by atoms with Crippen molar-refractivity contribution in [2.45, 2.75) is 24.9 Å². The second-order valence-electron chi connectivity index (χ2n) is 7.56. The minimum atomic E-state index is -0.820. The van der Waals surface area contributed by atoms with Gasteiger partial charge in [0.15, 0.2) is 0 Å². The Bertz CT molecular complexity index is 792. The molecule has 0 radical (unpaired) electrons. The molecule has 4 rings (SSSR count). The number of benzene rings is 1. The van der Waals surface area contributed by atoms with Crippen LogP contribution in [0.3, 0.4) is 0 Å². The zero-order valence-electron chi connectivity index (χ0n) is 16.4. The Labute approximate surface area is 170 Å². The van der Waals surface area contributed by atoms with Gasteiger partial charge in [0.1, 0.15) is 5.60 Å². The third kappa shape index (κ3) is 5.19. The molecule has 7 heteroatoms. The summed E-state index contributed by atoms with van der Waals surface area (Å²) in [5.41, 5.74) is 0.938. The summed E-state index contributed by atoms with van der Waals surface area (Å²) >= 11 is 0. The zero-order chi connectivity index (χ0) is 20.7. The van der Waals surface area contributed by atoms with Gasteiger partial charge in [0.2, 0.25) is 5.91 Å². The van der Waals surface area contributed by atoms with Gasteiger partial charge in [-0.15, -0.1) is 0 Å². The predicted molar refractivity (Wildman–Crippen MR) is 109 cm³/mol. The largest absolute Gasteiger partial charge is 0.483 e. The van der Waals surface area contributed by atoms with Gasteiger partial charge in [-0.25, -0.2) is 0 Å². The number of anilines is 1. The van der Waals surface area contributed by atoms with Crippen molar-refractivity contribution < 1.29 is 19.8 Å². The lowest BCUT2D eigenvalue weighted by molar-refractivity contribution is -0.123. The van der Waals surface area contributed by atoms with E-state index < -0.39 is 5.60 Å². The van der Waals surface area contributed by atoms with Crippen molar-refractivity contribution in [3.63, 3.8) is 0 Å². The Balaban J connectivity index is 0.000000755. The number of hydrogen-bond acceptors (Lipinski definition) is 5. The maximum Gasteiger partial charge on any atom is 0.290 e. The van der Waals surface area contributed by atoms with Gasteiger partial charge in [-0.2, -0.15) is 0 Å². The third-order valence-electron chi connectivity index (χ3n) is 5.61. The van der Waals surface area contributed by atoms with Gasteiger partial charge < -0.3 is 20.0 Å². The predicted octanol–water partition coefficient (Wildman–Crippen LogP) is 2.12. The molecule has 154 valence electrons. The number of rotatable bonds is 4. The number of carbonyl (C=O) groups is 2. The van der Waals surface area contributed by atoms with E-state index in [1.807, 2.05) is 53.4 Å². The molecule has 2 aliphatic heterocycles. The van der Waals surface area contributed by atoms with Crippen molar-refractivity contribution >= 4 is 18.1 Å². The highest BCUT2D eigenvalue weighted by molar-refractivity contribution is 5.95. The summed E-state index contributed by atoms with van der Waals surface area (Å²) in [6, 6.07) is 15.6. The van der Waals surface area contributed by atoms with Crippen molar-refractivity contribution in [3.8, 4) is 0 Å². The van der Waals surface area contributed by atoms with Gasteiger partial charge in [0.05, 0.1) is 5.69 Å². The SMILES string of the molecule is O=C1CC(CN2CCC(O)(c3ccccn3)CC2)CN1c1ccccc1.O=CO. The van der Waals surface area contributed by atoms with Crippen LogP contribution in [0.15, 0.2) is 54.7 Å². The van der Waals surface area contributed by atoms with Crippen LogP contribution in [0.2, 0.25) is 0 Å². The van der Waals surface area contributed by atoms with E-state index in [0.29, 0.717) is 25.2 Å². The summed E-state index contributed by atoms with van der Waals surface area (Å²) in [5.74, 6) is 0.562. The van der Waals surface area contributed by atoms with E-state index in [1.165, 1.54) is 0 Å². The number of carbonyl (C=O) groups excluding carboxylic acids is 1. The number of amides is 1. The molecule has 1 atom stereocenters. The number of nitrogens with zero attached hydrogens (tertiary/aromatic N) is 3. The number of hydrogen-bond donors (Lipinski definition) is 2. The first-order valence-corrected chi connectivity index (χ1v) is 9.85. The van der Waals surface area contributed by atoms with E-state index >= 15 is 0 Å². The van der Waals surface area contributed by atoms with E-state index in [1.54, 1.807) is 6.20 Å². The van der Waals surface area contributed by atoms with Crippen LogP contribution in [0.4, 0.5) is 5.69 Å². The number of aromatic nitrogens is 1. The fourth-order valence-corrected chi connectivity index (χ4v) is 4.13. The smallest absolute Gasteiger partial charge is 0.290 e. The number of aliphatic hydroxyl groups is 1. The Morgan fingerprint density at radius 1 is 1.10 bits per heavy atom. The molecular formula is C22H27N3O4. The molecule has 0 spiro atoms. The molecule has 0 saturated carbocycles. The minimum Gasteiger partial charge on any atom is -0.483 e. The molecule has 0 aliphatic carbocycles. The van der Waals surface area contributed by atoms with E-state index in [-0.39, 0.29) is 12.4 Å². The maximum absolute atomic E-state index is 12.4. The number of para-hydroxylation sites is 1. The summed E-state index contributed by atoms with van der Waals surface area (Å²) < 4.78 is 0. The quantitative estimate of drug-likeness (QED) is 0.768. The van der Waals surface area contributed by atoms with Gasteiger partial charge in [-0.3, -0.25) is 14.6 Å².